The summed E-state index contributed by atoms with van der Waals surface area (Å²) in [4.78, 5) is 4.22. The van der Waals surface area contributed by atoms with Crippen molar-refractivity contribution in [2.45, 2.75) is 18.8 Å². The molecule has 15 heavy (non-hydrogen) atoms. The summed E-state index contributed by atoms with van der Waals surface area (Å²) in [5.41, 5.74) is 0. The maximum Gasteiger partial charge on any atom is 0.263 e. The van der Waals surface area contributed by atoms with Crippen molar-refractivity contribution in [3.05, 3.63) is 0 Å². The summed E-state index contributed by atoms with van der Waals surface area (Å²) < 4.78 is 28.0. The fourth-order valence-electron chi connectivity index (χ4n) is 2.00. The van der Waals surface area contributed by atoms with E-state index in [2.05, 4.69) is 27.5 Å². The highest BCUT2D eigenvalue weighted by atomic mass is 127. The second-order valence-corrected chi connectivity index (χ2v) is 5.23. The molecule has 0 amide bonds. The van der Waals surface area contributed by atoms with Crippen molar-refractivity contribution < 1.29 is 8.78 Å². The average molecular weight is 330 g/mol. The fraction of sp³-hybridized carbons (Fsp3) is 1.00. The van der Waals surface area contributed by atoms with Gasteiger partial charge in [0.2, 0.25) is 0 Å². The van der Waals surface area contributed by atoms with Crippen LogP contribution in [0.3, 0.4) is 0 Å². The van der Waals surface area contributed by atoms with Crippen LogP contribution in [0, 0.1) is 5.92 Å². The first-order chi connectivity index (χ1) is 7.12. The fourth-order valence-corrected chi connectivity index (χ4v) is 2.68. The number of hydrogen-bond donors (Lipinski definition) is 0. The van der Waals surface area contributed by atoms with Crippen LogP contribution in [-0.2, 0) is 0 Å². The lowest BCUT2D eigenvalue weighted by Gasteiger charge is -2.35. The molecule has 5 heteroatoms. The van der Waals surface area contributed by atoms with Gasteiger partial charge in [-0.1, -0.05) is 22.6 Å². The lowest BCUT2D eigenvalue weighted by atomic mass is 10.2. The third kappa shape index (κ3) is 3.23. The summed E-state index contributed by atoms with van der Waals surface area (Å²) in [7, 11) is 0. The molecule has 0 aromatic heterocycles. The standard InChI is InChI=1S/C10H17F2IN2/c11-10(12,9-1-2-9)7-14-3-5-15(8-13)6-4-14/h9H,1-8H2. The summed E-state index contributed by atoms with van der Waals surface area (Å²) in [6, 6.07) is 0. The molecule has 2 fully saturated rings. The lowest BCUT2D eigenvalue weighted by molar-refractivity contribution is -0.0587. The molecule has 0 spiro atoms. The average Bonchev–Trinajstić information content (AvgIpc) is 3.01. The van der Waals surface area contributed by atoms with Crippen molar-refractivity contribution in [3.63, 3.8) is 0 Å². The maximum atomic E-state index is 13.5. The molecule has 1 saturated carbocycles. The Kier molecular flexibility index (Phi) is 3.83. The minimum absolute atomic E-state index is 0.0211. The maximum absolute atomic E-state index is 13.5. The van der Waals surface area contributed by atoms with Gasteiger partial charge < -0.3 is 0 Å². The van der Waals surface area contributed by atoms with Crippen LogP contribution in [0.2, 0.25) is 0 Å². The van der Waals surface area contributed by atoms with E-state index in [4.69, 9.17) is 0 Å². The first-order valence-corrected chi connectivity index (χ1v) is 7.03. The van der Waals surface area contributed by atoms with Gasteiger partial charge in [0.1, 0.15) is 0 Å². The molecule has 0 bridgehead atoms. The molecule has 2 nitrogen and oxygen atoms in total. The minimum atomic E-state index is -2.44. The van der Waals surface area contributed by atoms with Gasteiger partial charge in [-0.25, -0.2) is 8.78 Å². The predicted octanol–water partition coefficient (Wildman–Crippen LogP) is 2.04. The van der Waals surface area contributed by atoms with Crippen LogP contribution in [-0.4, -0.2) is 53.0 Å². The van der Waals surface area contributed by atoms with Crippen LogP contribution < -0.4 is 0 Å². The second-order valence-electron chi connectivity index (χ2n) is 4.55. The Balaban J connectivity index is 1.76. The van der Waals surface area contributed by atoms with Gasteiger partial charge in [0.25, 0.3) is 5.92 Å². The van der Waals surface area contributed by atoms with E-state index in [1.807, 2.05) is 4.90 Å². The van der Waals surface area contributed by atoms with Gasteiger partial charge in [0.15, 0.2) is 0 Å². The summed E-state index contributed by atoms with van der Waals surface area (Å²) >= 11 is 2.32. The first-order valence-electron chi connectivity index (χ1n) is 5.50. The van der Waals surface area contributed by atoms with Crippen molar-refractivity contribution in [3.8, 4) is 0 Å². The highest BCUT2D eigenvalue weighted by Crippen LogP contribution is 2.43. The molecular formula is C10H17F2IN2. The number of nitrogens with zero attached hydrogens (tertiary/aromatic N) is 2. The summed E-state index contributed by atoms with van der Waals surface area (Å²) in [5.74, 6) is -2.76. The van der Waals surface area contributed by atoms with E-state index >= 15 is 0 Å². The highest BCUT2D eigenvalue weighted by Gasteiger charge is 2.47. The molecule has 1 aliphatic carbocycles. The molecule has 0 aromatic carbocycles. The molecule has 1 aliphatic heterocycles. The lowest BCUT2D eigenvalue weighted by Crippen LogP contribution is -2.49. The molecule has 1 heterocycles. The Labute approximate surface area is 103 Å². The van der Waals surface area contributed by atoms with Crippen LogP contribution >= 0.6 is 22.6 Å². The minimum Gasteiger partial charge on any atom is -0.295 e. The molecule has 0 radical (unpaired) electrons. The normalized spacial score (nSPS) is 25.8. The Morgan fingerprint density at radius 2 is 1.60 bits per heavy atom. The van der Waals surface area contributed by atoms with E-state index < -0.39 is 5.92 Å². The topological polar surface area (TPSA) is 6.48 Å². The quantitative estimate of drug-likeness (QED) is 0.442. The third-order valence-electron chi connectivity index (χ3n) is 3.24. The summed E-state index contributed by atoms with van der Waals surface area (Å²) in [6.07, 6.45) is 1.45. The van der Waals surface area contributed by atoms with Gasteiger partial charge in [-0.3, -0.25) is 9.80 Å². The van der Waals surface area contributed by atoms with Crippen LogP contribution in [0.25, 0.3) is 0 Å². The van der Waals surface area contributed by atoms with Gasteiger partial charge >= 0.3 is 0 Å². The predicted molar refractivity (Wildman–Crippen MR) is 64.6 cm³/mol. The molecule has 0 aromatic rings. The molecule has 2 rings (SSSR count). The van der Waals surface area contributed by atoms with Gasteiger partial charge in [-0.2, -0.15) is 0 Å². The highest BCUT2D eigenvalue weighted by molar-refractivity contribution is 14.1. The zero-order valence-corrected chi connectivity index (χ0v) is 10.9. The Morgan fingerprint density at radius 1 is 1.07 bits per heavy atom. The van der Waals surface area contributed by atoms with E-state index in [1.165, 1.54) is 0 Å². The molecule has 1 saturated heterocycles. The number of piperazine rings is 1. The van der Waals surface area contributed by atoms with Crippen molar-refractivity contribution in [2.24, 2.45) is 5.92 Å². The van der Waals surface area contributed by atoms with E-state index in [1.54, 1.807) is 0 Å². The van der Waals surface area contributed by atoms with Crippen LogP contribution in [0.5, 0.6) is 0 Å². The Bertz CT molecular complexity index is 213. The van der Waals surface area contributed by atoms with Crippen molar-refractivity contribution in [1.29, 1.82) is 0 Å². The molecule has 0 unspecified atom stereocenters. The smallest absolute Gasteiger partial charge is 0.263 e. The van der Waals surface area contributed by atoms with Crippen LogP contribution in [0.1, 0.15) is 12.8 Å². The van der Waals surface area contributed by atoms with Gasteiger partial charge in [0.05, 0.1) is 11.1 Å². The van der Waals surface area contributed by atoms with E-state index in [9.17, 15) is 8.78 Å². The summed E-state index contributed by atoms with van der Waals surface area (Å²) in [6.45, 7) is 3.44. The number of rotatable bonds is 4. The van der Waals surface area contributed by atoms with E-state index in [0.29, 0.717) is 0 Å². The molecule has 0 atom stereocenters. The van der Waals surface area contributed by atoms with Crippen LogP contribution in [0.4, 0.5) is 8.78 Å². The third-order valence-corrected chi connectivity index (χ3v) is 4.21. The summed E-state index contributed by atoms with van der Waals surface area (Å²) in [5, 5.41) is 0. The SMILES string of the molecule is FC(F)(CN1CCN(CI)CC1)C1CC1. The second kappa shape index (κ2) is 4.79. The van der Waals surface area contributed by atoms with E-state index in [0.717, 1.165) is 43.6 Å². The number of alkyl halides is 3. The van der Waals surface area contributed by atoms with Gasteiger partial charge in [-0.05, 0) is 12.8 Å². The zero-order chi connectivity index (χ0) is 10.9. The van der Waals surface area contributed by atoms with Crippen LogP contribution in [0.15, 0.2) is 0 Å². The molecule has 0 N–H and O–H groups in total. The molecule has 88 valence electrons. The molecule has 2 aliphatic rings. The van der Waals surface area contributed by atoms with Crippen molar-refractivity contribution in [2.75, 3.05) is 37.3 Å². The zero-order valence-electron chi connectivity index (χ0n) is 8.76. The Morgan fingerprint density at radius 3 is 2.07 bits per heavy atom. The number of halogens is 3. The van der Waals surface area contributed by atoms with Crippen molar-refractivity contribution >= 4 is 22.6 Å². The van der Waals surface area contributed by atoms with Gasteiger partial charge in [-0.15, -0.1) is 0 Å². The molecular weight excluding hydrogens is 313 g/mol. The Hall–Kier alpha value is 0.510. The van der Waals surface area contributed by atoms with Gasteiger partial charge in [0, 0.05) is 32.1 Å². The number of hydrogen-bond acceptors (Lipinski definition) is 2. The largest absolute Gasteiger partial charge is 0.295 e. The first kappa shape index (κ1) is 12.0. The van der Waals surface area contributed by atoms with E-state index in [-0.39, 0.29) is 12.5 Å². The van der Waals surface area contributed by atoms with Crippen molar-refractivity contribution in [1.82, 2.24) is 9.80 Å². The monoisotopic (exact) mass is 330 g/mol.